The standard InChI is InChI=1S/C18H20FN5OS/c1-12(23(2)3)17-21-22-18(24(17)14-8-6-13(19)7-9-14)26-11-16(25)15-5-4-10-20-15/h4-10,12,20H,11H2,1-3H3. The zero-order chi connectivity index (χ0) is 18.7. The summed E-state index contributed by atoms with van der Waals surface area (Å²) in [5.41, 5.74) is 1.32. The molecule has 1 atom stereocenters. The van der Waals surface area contributed by atoms with E-state index < -0.39 is 0 Å². The number of Topliss-reactive ketones (excluding diaryl/α,β-unsaturated/α-hetero) is 1. The van der Waals surface area contributed by atoms with Gasteiger partial charge in [-0.05, 0) is 57.4 Å². The summed E-state index contributed by atoms with van der Waals surface area (Å²) < 4.78 is 15.2. The van der Waals surface area contributed by atoms with Crippen molar-refractivity contribution in [3.05, 3.63) is 59.9 Å². The number of benzene rings is 1. The second-order valence-electron chi connectivity index (χ2n) is 6.09. The second kappa shape index (κ2) is 7.84. The molecule has 3 rings (SSSR count). The highest BCUT2D eigenvalue weighted by molar-refractivity contribution is 7.99. The third-order valence-electron chi connectivity index (χ3n) is 4.12. The molecule has 8 heteroatoms. The van der Waals surface area contributed by atoms with Crippen LogP contribution >= 0.6 is 11.8 Å². The lowest BCUT2D eigenvalue weighted by molar-refractivity contribution is 0.101. The Morgan fingerprint density at radius 3 is 2.62 bits per heavy atom. The maximum absolute atomic E-state index is 13.3. The van der Waals surface area contributed by atoms with Gasteiger partial charge in [0.15, 0.2) is 16.8 Å². The van der Waals surface area contributed by atoms with Crippen molar-refractivity contribution in [1.29, 1.82) is 0 Å². The Balaban J connectivity index is 1.91. The number of nitrogens with one attached hydrogen (secondary N) is 1. The summed E-state index contributed by atoms with van der Waals surface area (Å²) in [6.45, 7) is 2.02. The van der Waals surface area contributed by atoms with E-state index in [1.54, 1.807) is 30.5 Å². The molecule has 6 nitrogen and oxygen atoms in total. The number of nitrogens with zero attached hydrogens (tertiary/aromatic N) is 4. The van der Waals surface area contributed by atoms with Gasteiger partial charge in [0.2, 0.25) is 0 Å². The molecule has 1 aromatic carbocycles. The van der Waals surface area contributed by atoms with Gasteiger partial charge < -0.3 is 4.98 Å². The molecule has 0 amide bonds. The van der Waals surface area contributed by atoms with Gasteiger partial charge >= 0.3 is 0 Å². The van der Waals surface area contributed by atoms with Crippen molar-refractivity contribution < 1.29 is 9.18 Å². The van der Waals surface area contributed by atoms with E-state index in [9.17, 15) is 9.18 Å². The lowest BCUT2D eigenvalue weighted by atomic mass is 10.2. The Kier molecular flexibility index (Phi) is 5.53. The van der Waals surface area contributed by atoms with Gasteiger partial charge in [0.1, 0.15) is 5.82 Å². The smallest absolute Gasteiger partial charge is 0.196 e. The van der Waals surface area contributed by atoms with Gasteiger partial charge in [-0.1, -0.05) is 11.8 Å². The van der Waals surface area contributed by atoms with E-state index in [0.717, 1.165) is 11.5 Å². The first-order chi connectivity index (χ1) is 12.5. The molecule has 0 aliphatic rings. The van der Waals surface area contributed by atoms with E-state index in [2.05, 4.69) is 15.2 Å². The van der Waals surface area contributed by atoms with Crippen molar-refractivity contribution in [2.24, 2.45) is 0 Å². The molecular formula is C18H20FN5OS. The summed E-state index contributed by atoms with van der Waals surface area (Å²) in [4.78, 5) is 17.2. The normalized spacial score (nSPS) is 12.5. The Labute approximate surface area is 155 Å². The average Bonchev–Trinajstić information content (AvgIpc) is 3.29. The molecule has 0 fully saturated rings. The van der Waals surface area contributed by atoms with E-state index in [1.807, 2.05) is 30.5 Å². The van der Waals surface area contributed by atoms with Crippen LogP contribution in [0.15, 0.2) is 47.8 Å². The highest BCUT2D eigenvalue weighted by atomic mass is 32.2. The highest BCUT2D eigenvalue weighted by Crippen LogP contribution is 2.27. The van der Waals surface area contributed by atoms with E-state index >= 15 is 0 Å². The number of hydrogen-bond acceptors (Lipinski definition) is 5. The van der Waals surface area contributed by atoms with Gasteiger partial charge in [0.05, 0.1) is 17.5 Å². The number of aromatic amines is 1. The van der Waals surface area contributed by atoms with Gasteiger partial charge in [-0.2, -0.15) is 0 Å². The molecule has 0 saturated carbocycles. The topological polar surface area (TPSA) is 66.8 Å². The van der Waals surface area contributed by atoms with Gasteiger partial charge in [-0.15, -0.1) is 10.2 Å². The van der Waals surface area contributed by atoms with Crippen molar-refractivity contribution in [2.45, 2.75) is 18.1 Å². The van der Waals surface area contributed by atoms with Crippen LogP contribution in [0.3, 0.4) is 0 Å². The minimum Gasteiger partial charge on any atom is -0.359 e. The number of aromatic nitrogens is 4. The van der Waals surface area contributed by atoms with Crippen LogP contribution in [0.4, 0.5) is 4.39 Å². The lowest BCUT2D eigenvalue weighted by Gasteiger charge is -2.20. The SMILES string of the molecule is CC(c1nnc(SCC(=O)c2ccc[nH]2)n1-c1ccc(F)cc1)N(C)C. The Morgan fingerprint density at radius 1 is 1.27 bits per heavy atom. The first kappa shape index (κ1) is 18.3. The molecule has 0 aliphatic carbocycles. The molecule has 0 spiro atoms. The summed E-state index contributed by atoms with van der Waals surface area (Å²) in [7, 11) is 3.91. The van der Waals surface area contributed by atoms with Crippen LogP contribution in [0.1, 0.15) is 29.3 Å². The third kappa shape index (κ3) is 3.86. The second-order valence-corrected chi connectivity index (χ2v) is 7.03. The van der Waals surface area contributed by atoms with Crippen LogP contribution in [0.2, 0.25) is 0 Å². The molecule has 1 unspecified atom stereocenters. The molecule has 26 heavy (non-hydrogen) atoms. The fraction of sp³-hybridized carbons (Fsp3) is 0.278. The van der Waals surface area contributed by atoms with Crippen LogP contribution in [-0.2, 0) is 0 Å². The Hall–Kier alpha value is -2.45. The van der Waals surface area contributed by atoms with Crippen molar-refractivity contribution in [3.63, 3.8) is 0 Å². The number of thioether (sulfide) groups is 1. The highest BCUT2D eigenvalue weighted by Gasteiger charge is 2.21. The lowest BCUT2D eigenvalue weighted by Crippen LogP contribution is -2.20. The average molecular weight is 373 g/mol. The largest absolute Gasteiger partial charge is 0.359 e. The molecule has 1 N–H and O–H groups in total. The third-order valence-corrected chi connectivity index (χ3v) is 5.05. The minimum atomic E-state index is -0.305. The zero-order valence-corrected chi connectivity index (χ0v) is 15.6. The quantitative estimate of drug-likeness (QED) is 0.508. The number of ketones is 1. The fourth-order valence-electron chi connectivity index (χ4n) is 2.42. The molecular weight excluding hydrogens is 353 g/mol. The minimum absolute atomic E-state index is 0.000937. The fourth-order valence-corrected chi connectivity index (χ4v) is 3.26. The predicted octanol–water partition coefficient (Wildman–Crippen LogP) is 3.33. The number of rotatable bonds is 7. The molecule has 0 bridgehead atoms. The maximum Gasteiger partial charge on any atom is 0.196 e. The predicted molar refractivity (Wildman–Crippen MR) is 99.3 cm³/mol. The van der Waals surface area contributed by atoms with Crippen molar-refractivity contribution in [3.8, 4) is 5.69 Å². The van der Waals surface area contributed by atoms with E-state index in [1.165, 1.54) is 23.9 Å². The summed E-state index contributed by atoms with van der Waals surface area (Å²) >= 11 is 1.31. The molecule has 0 saturated heterocycles. The Morgan fingerprint density at radius 2 is 2.00 bits per heavy atom. The monoisotopic (exact) mass is 373 g/mol. The number of H-pyrrole nitrogens is 1. The van der Waals surface area contributed by atoms with E-state index in [0.29, 0.717) is 10.9 Å². The zero-order valence-electron chi connectivity index (χ0n) is 14.8. The van der Waals surface area contributed by atoms with Gasteiger partial charge in [-0.3, -0.25) is 14.3 Å². The van der Waals surface area contributed by atoms with Gasteiger partial charge in [-0.25, -0.2) is 4.39 Å². The number of hydrogen-bond donors (Lipinski definition) is 1. The van der Waals surface area contributed by atoms with Crippen molar-refractivity contribution in [2.75, 3.05) is 19.8 Å². The Bertz CT molecular complexity index is 874. The summed E-state index contributed by atoms with van der Waals surface area (Å²) in [5.74, 6) is 0.642. The first-order valence-corrected chi connectivity index (χ1v) is 9.13. The maximum atomic E-state index is 13.3. The molecule has 136 valence electrons. The van der Waals surface area contributed by atoms with E-state index in [4.69, 9.17) is 0 Å². The van der Waals surface area contributed by atoms with Crippen LogP contribution in [0.5, 0.6) is 0 Å². The molecule has 2 aromatic heterocycles. The van der Waals surface area contributed by atoms with E-state index in [-0.39, 0.29) is 23.4 Å². The van der Waals surface area contributed by atoms with Gasteiger partial charge in [0.25, 0.3) is 0 Å². The van der Waals surface area contributed by atoms with Crippen LogP contribution < -0.4 is 0 Å². The first-order valence-electron chi connectivity index (χ1n) is 8.14. The summed E-state index contributed by atoms with van der Waals surface area (Å²) in [6.07, 6.45) is 1.72. The van der Waals surface area contributed by atoms with Crippen molar-refractivity contribution >= 4 is 17.5 Å². The molecule has 0 radical (unpaired) electrons. The number of halogens is 1. The summed E-state index contributed by atoms with van der Waals surface area (Å²) in [6, 6.07) is 9.70. The molecule has 3 aromatic rings. The molecule has 0 aliphatic heterocycles. The van der Waals surface area contributed by atoms with Crippen LogP contribution in [-0.4, -0.2) is 50.3 Å². The van der Waals surface area contributed by atoms with Crippen LogP contribution in [0.25, 0.3) is 5.69 Å². The number of carbonyl (C=O) groups excluding carboxylic acids is 1. The summed E-state index contributed by atoms with van der Waals surface area (Å²) in [5, 5.41) is 9.18. The number of carbonyl (C=O) groups is 1. The van der Waals surface area contributed by atoms with Crippen molar-refractivity contribution in [1.82, 2.24) is 24.6 Å². The molecule has 2 heterocycles. The van der Waals surface area contributed by atoms with Crippen LogP contribution in [0, 0.1) is 5.82 Å². The van der Waals surface area contributed by atoms with Gasteiger partial charge in [0, 0.05) is 11.9 Å².